The van der Waals surface area contributed by atoms with Crippen LogP contribution in [0.25, 0.3) is 0 Å². The molecule has 18 heavy (non-hydrogen) atoms. The summed E-state index contributed by atoms with van der Waals surface area (Å²) in [7, 11) is 3.82. The fraction of sp³-hybridized carbons (Fsp3) is 0.500. The number of ether oxygens (including phenoxy) is 1. The first kappa shape index (κ1) is 14.4. The number of hydrogen-bond donors (Lipinski definition) is 1. The van der Waals surface area contributed by atoms with Crippen molar-refractivity contribution in [3.8, 4) is 0 Å². The average Bonchev–Trinajstić information content (AvgIpc) is 2.33. The Kier molecular flexibility index (Phi) is 5.49. The first-order valence-electron chi connectivity index (χ1n) is 6.30. The fourth-order valence-electron chi connectivity index (χ4n) is 1.69. The van der Waals surface area contributed by atoms with Crippen LogP contribution in [0.2, 0.25) is 0 Å². The molecule has 1 rings (SSSR count). The number of nitrogens with two attached hydrogens (primary N) is 1. The topological polar surface area (TPSA) is 55.6 Å². The van der Waals surface area contributed by atoms with Crippen molar-refractivity contribution >= 4 is 17.3 Å². The Morgan fingerprint density at radius 3 is 2.61 bits per heavy atom. The zero-order chi connectivity index (χ0) is 13.5. The number of nitrogens with zero attached hydrogens (tertiary/aromatic N) is 1. The Labute approximate surface area is 109 Å². The lowest BCUT2D eigenvalue weighted by Crippen LogP contribution is -2.12. The molecule has 0 unspecified atom stereocenters. The molecular weight excluding hydrogens is 228 g/mol. The van der Waals surface area contributed by atoms with Crippen LogP contribution in [0.15, 0.2) is 18.2 Å². The third-order valence-corrected chi connectivity index (χ3v) is 2.73. The summed E-state index contributed by atoms with van der Waals surface area (Å²) in [5, 5.41) is 0. The van der Waals surface area contributed by atoms with E-state index in [1.165, 1.54) is 0 Å². The Bertz CT molecular complexity index is 403. The highest BCUT2D eigenvalue weighted by Gasteiger charge is 2.10. The Balaban J connectivity index is 2.61. The molecule has 1 aromatic carbocycles. The van der Waals surface area contributed by atoms with Gasteiger partial charge < -0.3 is 15.4 Å². The van der Waals surface area contributed by atoms with E-state index in [-0.39, 0.29) is 5.97 Å². The highest BCUT2D eigenvalue weighted by molar-refractivity contribution is 5.92. The summed E-state index contributed by atoms with van der Waals surface area (Å²) < 4.78 is 5.18. The molecule has 0 saturated carbocycles. The van der Waals surface area contributed by atoms with Crippen molar-refractivity contribution < 1.29 is 9.53 Å². The van der Waals surface area contributed by atoms with Gasteiger partial charge in [-0.25, -0.2) is 4.79 Å². The number of rotatable bonds is 6. The van der Waals surface area contributed by atoms with Gasteiger partial charge in [0.15, 0.2) is 0 Å². The minimum absolute atomic E-state index is 0.303. The van der Waals surface area contributed by atoms with Gasteiger partial charge in [0.1, 0.15) is 0 Å². The van der Waals surface area contributed by atoms with Crippen LogP contribution in [-0.4, -0.2) is 26.7 Å². The van der Waals surface area contributed by atoms with Crippen LogP contribution < -0.4 is 10.6 Å². The van der Waals surface area contributed by atoms with Crippen molar-refractivity contribution in [2.24, 2.45) is 0 Å². The molecule has 4 nitrogen and oxygen atoms in total. The van der Waals surface area contributed by atoms with Crippen LogP contribution >= 0.6 is 0 Å². The number of unbranched alkanes of at least 4 members (excludes halogenated alkanes) is 2. The normalized spacial score (nSPS) is 10.2. The first-order chi connectivity index (χ1) is 8.56. The fourth-order valence-corrected chi connectivity index (χ4v) is 1.69. The quantitative estimate of drug-likeness (QED) is 0.479. The molecule has 0 aliphatic rings. The number of nitrogen functional groups attached to an aromatic ring is 1. The standard InChI is InChI=1S/C14H22N2O2/c1-4-5-6-9-18-14(17)11-7-8-13(16(2)3)12(15)10-11/h7-8,10H,4-6,9,15H2,1-3H3. The minimum Gasteiger partial charge on any atom is -0.462 e. The number of esters is 1. The summed E-state index contributed by atoms with van der Waals surface area (Å²) in [5.41, 5.74) is 7.88. The van der Waals surface area contributed by atoms with Crippen molar-refractivity contribution in [3.63, 3.8) is 0 Å². The van der Waals surface area contributed by atoms with E-state index in [4.69, 9.17) is 10.5 Å². The van der Waals surface area contributed by atoms with Gasteiger partial charge in [0.25, 0.3) is 0 Å². The van der Waals surface area contributed by atoms with Gasteiger partial charge in [-0.15, -0.1) is 0 Å². The zero-order valence-electron chi connectivity index (χ0n) is 11.4. The Hall–Kier alpha value is -1.71. The minimum atomic E-state index is -0.303. The molecule has 0 aliphatic heterocycles. The summed E-state index contributed by atoms with van der Waals surface area (Å²) in [5.74, 6) is -0.303. The number of carbonyl (C=O) groups excluding carboxylic acids is 1. The van der Waals surface area contributed by atoms with Gasteiger partial charge in [0.2, 0.25) is 0 Å². The van der Waals surface area contributed by atoms with Crippen molar-refractivity contribution in [1.82, 2.24) is 0 Å². The molecule has 2 N–H and O–H groups in total. The number of hydrogen-bond acceptors (Lipinski definition) is 4. The molecule has 0 amide bonds. The molecule has 0 aromatic heterocycles. The molecule has 0 aliphatic carbocycles. The second-order valence-electron chi connectivity index (χ2n) is 4.51. The monoisotopic (exact) mass is 250 g/mol. The smallest absolute Gasteiger partial charge is 0.338 e. The van der Waals surface area contributed by atoms with E-state index >= 15 is 0 Å². The Morgan fingerprint density at radius 2 is 2.06 bits per heavy atom. The maximum Gasteiger partial charge on any atom is 0.338 e. The molecule has 0 spiro atoms. The molecule has 0 radical (unpaired) electrons. The molecule has 1 aromatic rings. The maximum absolute atomic E-state index is 11.7. The van der Waals surface area contributed by atoms with E-state index in [2.05, 4.69) is 6.92 Å². The van der Waals surface area contributed by atoms with Crippen LogP contribution in [0, 0.1) is 0 Å². The van der Waals surface area contributed by atoms with Gasteiger partial charge in [-0.1, -0.05) is 19.8 Å². The average molecular weight is 250 g/mol. The molecule has 0 saturated heterocycles. The lowest BCUT2D eigenvalue weighted by atomic mass is 10.1. The van der Waals surface area contributed by atoms with E-state index in [0.29, 0.717) is 17.9 Å². The molecular formula is C14H22N2O2. The summed E-state index contributed by atoms with van der Waals surface area (Å²) in [6.45, 7) is 2.59. The summed E-state index contributed by atoms with van der Waals surface area (Å²) in [4.78, 5) is 13.7. The van der Waals surface area contributed by atoms with Crippen molar-refractivity contribution in [2.45, 2.75) is 26.2 Å². The van der Waals surface area contributed by atoms with Crippen molar-refractivity contribution in [3.05, 3.63) is 23.8 Å². The third kappa shape index (κ3) is 3.95. The third-order valence-electron chi connectivity index (χ3n) is 2.73. The van der Waals surface area contributed by atoms with E-state index in [1.54, 1.807) is 12.1 Å². The predicted molar refractivity (Wildman–Crippen MR) is 75.0 cm³/mol. The van der Waals surface area contributed by atoms with E-state index in [1.807, 2.05) is 25.1 Å². The lowest BCUT2D eigenvalue weighted by Gasteiger charge is -2.15. The number of carbonyl (C=O) groups is 1. The highest BCUT2D eigenvalue weighted by atomic mass is 16.5. The van der Waals surface area contributed by atoms with Crippen molar-refractivity contribution in [2.75, 3.05) is 31.3 Å². The Morgan fingerprint density at radius 1 is 1.33 bits per heavy atom. The van der Waals surface area contributed by atoms with E-state index in [9.17, 15) is 4.79 Å². The second-order valence-corrected chi connectivity index (χ2v) is 4.51. The molecule has 100 valence electrons. The van der Waals surface area contributed by atoms with Crippen LogP contribution in [0.5, 0.6) is 0 Å². The summed E-state index contributed by atoms with van der Waals surface area (Å²) >= 11 is 0. The summed E-state index contributed by atoms with van der Waals surface area (Å²) in [6.07, 6.45) is 3.10. The van der Waals surface area contributed by atoms with Crippen LogP contribution in [0.4, 0.5) is 11.4 Å². The molecule has 0 bridgehead atoms. The van der Waals surface area contributed by atoms with E-state index < -0.39 is 0 Å². The van der Waals surface area contributed by atoms with Gasteiger partial charge in [-0.3, -0.25) is 0 Å². The van der Waals surface area contributed by atoms with Gasteiger partial charge in [-0.2, -0.15) is 0 Å². The molecule has 4 heteroatoms. The van der Waals surface area contributed by atoms with Crippen LogP contribution in [0.1, 0.15) is 36.5 Å². The van der Waals surface area contributed by atoms with E-state index in [0.717, 1.165) is 24.9 Å². The number of benzene rings is 1. The van der Waals surface area contributed by atoms with Gasteiger partial charge in [0.05, 0.1) is 23.5 Å². The predicted octanol–water partition coefficient (Wildman–Crippen LogP) is 2.68. The van der Waals surface area contributed by atoms with Crippen molar-refractivity contribution in [1.29, 1.82) is 0 Å². The highest BCUT2D eigenvalue weighted by Crippen LogP contribution is 2.22. The summed E-state index contributed by atoms with van der Waals surface area (Å²) in [6, 6.07) is 5.24. The SMILES string of the molecule is CCCCCOC(=O)c1ccc(N(C)C)c(N)c1. The van der Waals surface area contributed by atoms with Gasteiger partial charge >= 0.3 is 5.97 Å². The molecule has 0 fully saturated rings. The molecule has 0 atom stereocenters. The van der Waals surface area contributed by atoms with Gasteiger partial charge in [0, 0.05) is 14.1 Å². The second kappa shape index (κ2) is 6.89. The first-order valence-corrected chi connectivity index (χ1v) is 6.30. The maximum atomic E-state index is 11.7. The lowest BCUT2D eigenvalue weighted by molar-refractivity contribution is 0.0498. The molecule has 0 heterocycles. The van der Waals surface area contributed by atoms with Crippen LogP contribution in [0.3, 0.4) is 0 Å². The number of anilines is 2. The zero-order valence-corrected chi connectivity index (χ0v) is 11.4. The van der Waals surface area contributed by atoms with Gasteiger partial charge in [-0.05, 0) is 24.6 Å². The van der Waals surface area contributed by atoms with Crippen LogP contribution in [-0.2, 0) is 4.74 Å². The largest absolute Gasteiger partial charge is 0.462 e.